The Bertz CT molecular complexity index is 1090. The zero-order valence-electron chi connectivity index (χ0n) is 15.2. The maximum Gasteiger partial charge on any atom is 0.261 e. The topological polar surface area (TPSA) is 66.5 Å². The number of halogens is 1. The predicted molar refractivity (Wildman–Crippen MR) is 106 cm³/mol. The number of amides is 1. The van der Waals surface area contributed by atoms with Crippen LogP contribution in [0.15, 0.2) is 83.8 Å². The average Bonchev–Trinajstić information content (AvgIpc) is 2.69. The van der Waals surface area contributed by atoms with E-state index in [0.717, 1.165) is 0 Å². The van der Waals surface area contributed by atoms with Gasteiger partial charge < -0.3 is 4.90 Å². The Balaban J connectivity index is 1.77. The number of benzene rings is 3. The van der Waals surface area contributed by atoms with E-state index < -0.39 is 10.0 Å². The largest absolute Gasteiger partial charge is 0.337 e. The lowest BCUT2D eigenvalue weighted by Crippen LogP contribution is -2.26. The zero-order chi connectivity index (χ0) is 20.1. The summed E-state index contributed by atoms with van der Waals surface area (Å²) in [4.78, 5) is 14.2. The third-order valence-corrected chi connectivity index (χ3v) is 5.52. The van der Waals surface area contributed by atoms with Crippen molar-refractivity contribution in [1.82, 2.24) is 4.90 Å². The van der Waals surface area contributed by atoms with Crippen LogP contribution in [-0.4, -0.2) is 26.3 Å². The minimum atomic E-state index is -3.75. The second-order valence-corrected chi connectivity index (χ2v) is 7.93. The predicted octanol–water partition coefficient (Wildman–Crippen LogP) is 3.90. The van der Waals surface area contributed by atoms with Gasteiger partial charge in [-0.1, -0.05) is 42.5 Å². The molecule has 0 saturated carbocycles. The molecule has 0 saturated heterocycles. The fraction of sp³-hybridized carbons (Fsp3) is 0.0952. The van der Waals surface area contributed by atoms with Gasteiger partial charge in [0.25, 0.3) is 15.9 Å². The summed E-state index contributed by atoms with van der Waals surface area (Å²) >= 11 is 0. The molecule has 5 nitrogen and oxygen atoms in total. The van der Waals surface area contributed by atoms with Crippen LogP contribution in [0.25, 0.3) is 0 Å². The van der Waals surface area contributed by atoms with Crippen LogP contribution in [0.3, 0.4) is 0 Å². The van der Waals surface area contributed by atoms with Crippen LogP contribution in [0.5, 0.6) is 0 Å². The molecule has 7 heteroatoms. The zero-order valence-corrected chi connectivity index (χ0v) is 16.0. The van der Waals surface area contributed by atoms with Crippen molar-refractivity contribution >= 4 is 21.6 Å². The number of carbonyl (C=O) groups excluding carboxylic acids is 1. The van der Waals surface area contributed by atoms with Gasteiger partial charge >= 0.3 is 0 Å². The molecule has 0 heterocycles. The molecule has 0 atom stereocenters. The number of rotatable bonds is 6. The maximum atomic E-state index is 13.8. The van der Waals surface area contributed by atoms with Crippen molar-refractivity contribution in [1.29, 1.82) is 0 Å². The van der Waals surface area contributed by atoms with Crippen LogP contribution in [0.4, 0.5) is 10.1 Å². The van der Waals surface area contributed by atoms with Crippen molar-refractivity contribution in [2.45, 2.75) is 11.4 Å². The molecule has 144 valence electrons. The standard InChI is InChI=1S/C21H19FN2O3S/c1-24(15-17-8-5-6-13-20(17)22)21(25)16-9-7-10-18(14-16)23-28(26,27)19-11-3-2-4-12-19/h2-14,23H,15H2,1H3. The van der Waals surface area contributed by atoms with Gasteiger partial charge in [-0.2, -0.15) is 0 Å². The Labute approximate surface area is 163 Å². The van der Waals surface area contributed by atoms with Crippen LogP contribution in [-0.2, 0) is 16.6 Å². The Hall–Kier alpha value is -3.19. The molecule has 3 rings (SSSR count). The minimum Gasteiger partial charge on any atom is -0.337 e. The molecule has 28 heavy (non-hydrogen) atoms. The Morgan fingerprint density at radius 3 is 2.36 bits per heavy atom. The SMILES string of the molecule is CN(Cc1ccccc1F)C(=O)c1cccc(NS(=O)(=O)c2ccccc2)c1. The summed E-state index contributed by atoms with van der Waals surface area (Å²) < 4.78 is 41.2. The van der Waals surface area contributed by atoms with Gasteiger partial charge in [-0.25, -0.2) is 12.8 Å². The van der Waals surface area contributed by atoms with Gasteiger partial charge in [-0.05, 0) is 36.4 Å². The first-order valence-corrected chi connectivity index (χ1v) is 10.0. The van der Waals surface area contributed by atoms with E-state index in [9.17, 15) is 17.6 Å². The summed E-state index contributed by atoms with van der Waals surface area (Å²) in [6.45, 7) is 0.103. The third kappa shape index (κ3) is 4.55. The second-order valence-electron chi connectivity index (χ2n) is 6.25. The number of nitrogens with one attached hydrogen (secondary N) is 1. The van der Waals surface area contributed by atoms with Gasteiger partial charge in [0.15, 0.2) is 0 Å². The molecule has 1 N–H and O–H groups in total. The van der Waals surface area contributed by atoms with Gasteiger partial charge in [-0.3, -0.25) is 9.52 Å². The molecule has 0 fully saturated rings. The van der Waals surface area contributed by atoms with Gasteiger partial charge in [0.05, 0.1) is 4.90 Å². The fourth-order valence-electron chi connectivity index (χ4n) is 2.70. The number of hydrogen-bond donors (Lipinski definition) is 1. The highest BCUT2D eigenvalue weighted by molar-refractivity contribution is 7.92. The van der Waals surface area contributed by atoms with E-state index in [4.69, 9.17) is 0 Å². The quantitative estimate of drug-likeness (QED) is 0.685. The molecule has 3 aromatic rings. The van der Waals surface area contributed by atoms with Crippen molar-refractivity contribution in [3.05, 3.63) is 95.8 Å². The first kappa shape index (κ1) is 19.6. The minimum absolute atomic E-state index is 0.103. The summed E-state index contributed by atoms with van der Waals surface area (Å²) in [5, 5.41) is 0. The van der Waals surface area contributed by atoms with Gasteiger partial charge in [0.1, 0.15) is 5.82 Å². The van der Waals surface area contributed by atoms with E-state index in [-0.39, 0.29) is 28.9 Å². The lowest BCUT2D eigenvalue weighted by Gasteiger charge is -2.18. The van der Waals surface area contributed by atoms with Gasteiger partial charge in [0.2, 0.25) is 0 Å². The van der Waals surface area contributed by atoms with E-state index in [1.165, 1.54) is 29.2 Å². The summed E-state index contributed by atoms with van der Waals surface area (Å²) in [6, 6.07) is 20.4. The van der Waals surface area contributed by atoms with Crippen LogP contribution < -0.4 is 4.72 Å². The summed E-state index contributed by atoms with van der Waals surface area (Å²) in [7, 11) is -2.19. The number of anilines is 1. The maximum absolute atomic E-state index is 13.8. The normalized spacial score (nSPS) is 11.1. The van der Waals surface area contributed by atoms with E-state index in [1.807, 2.05) is 0 Å². The van der Waals surface area contributed by atoms with E-state index >= 15 is 0 Å². The van der Waals surface area contributed by atoms with E-state index in [2.05, 4.69) is 4.72 Å². The van der Waals surface area contributed by atoms with Crippen molar-refractivity contribution < 1.29 is 17.6 Å². The molecule has 0 aliphatic heterocycles. The molecular formula is C21H19FN2O3S. The molecule has 3 aromatic carbocycles. The molecule has 1 amide bonds. The Morgan fingerprint density at radius 2 is 1.64 bits per heavy atom. The first-order chi connectivity index (χ1) is 13.4. The van der Waals surface area contributed by atoms with Crippen LogP contribution >= 0.6 is 0 Å². The highest BCUT2D eigenvalue weighted by Gasteiger charge is 2.17. The first-order valence-electron chi connectivity index (χ1n) is 8.53. The molecule has 0 aliphatic carbocycles. The smallest absolute Gasteiger partial charge is 0.261 e. The molecule has 0 aromatic heterocycles. The number of sulfonamides is 1. The van der Waals surface area contributed by atoms with Crippen LogP contribution in [0.1, 0.15) is 15.9 Å². The highest BCUT2D eigenvalue weighted by atomic mass is 32.2. The molecular weight excluding hydrogens is 379 g/mol. The van der Waals surface area contributed by atoms with E-state index in [1.54, 1.807) is 61.6 Å². The lowest BCUT2D eigenvalue weighted by molar-refractivity contribution is 0.0784. The van der Waals surface area contributed by atoms with Crippen molar-refractivity contribution in [3.8, 4) is 0 Å². The molecule has 0 unspecified atom stereocenters. The number of nitrogens with zero attached hydrogens (tertiary/aromatic N) is 1. The monoisotopic (exact) mass is 398 g/mol. The van der Waals surface area contributed by atoms with Gasteiger partial charge in [0, 0.05) is 30.4 Å². The van der Waals surface area contributed by atoms with Crippen LogP contribution in [0.2, 0.25) is 0 Å². The average molecular weight is 398 g/mol. The molecule has 0 radical (unpaired) electrons. The summed E-state index contributed by atoms with van der Waals surface area (Å²) in [6.07, 6.45) is 0. The van der Waals surface area contributed by atoms with Crippen molar-refractivity contribution in [2.24, 2.45) is 0 Å². The Morgan fingerprint density at radius 1 is 0.964 bits per heavy atom. The fourth-order valence-corrected chi connectivity index (χ4v) is 3.77. The van der Waals surface area contributed by atoms with E-state index in [0.29, 0.717) is 11.1 Å². The lowest BCUT2D eigenvalue weighted by atomic mass is 10.1. The van der Waals surface area contributed by atoms with Crippen molar-refractivity contribution in [3.63, 3.8) is 0 Å². The van der Waals surface area contributed by atoms with Gasteiger partial charge in [-0.15, -0.1) is 0 Å². The van der Waals surface area contributed by atoms with Crippen molar-refractivity contribution in [2.75, 3.05) is 11.8 Å². The molecule has 0 spiro atoms. The number of carbonyl (C=O) groups is 1. The molecule has 0 aliphatic rings. The second kappa shape index (κ2) is 8.22. The summed E-state index contributed by atoms with van der Waals surface area (Å²) in [5.41, 5.74) is 0.973. The molecule has 0 bridgehead atoms. The summed E-state index contributed by atoms with van der Waals surface area (Å²) in [5.74, 6) is -0.726. The Kier molecular flexibility index (Phi) is 5.75. The highest BCUT2D eigenvalue weighted by Crippen LogP contribution is 2.18. The third-order valence-electron chi connectivity index (χ3n) is 4.13. The number of hydrogen-bond acceptors (Lipinski definition) is 3. The van der Waals surface area contributed by atoms with Crippen LogP contribution in [0, 0.1) is 5.82 Å².